The molecule has 1 aromatic rings. The summed E-state index contributed by atoms with van der Waals surface area (Å²) in [6.45, 7) is 2.99. The summed E-state index contributed by atoms with van der Waals surface area (Å²) in [6, 6.07) is 5.87. The predicted octanol–water partition coefficient (Wildman–Crippen LogP) is 1.84. The van der Waals surface area contributed by atoms with E-state index < -0.39 is 10.0 Å². The Hall–Kier alpha value is -1.07. The highest BCUT2D eigenvalue weighted by Crippen LogP contribution is 2.25. The number of aryl methyl sites for hydroxylation is 1. The van der Waals surface area contributed by atoms with E-state index in [-0.39, 0.29) is 5.75 Å². The Labute approximate surface area is 108 Å². The van der Waals surface area contributed by atoms with Gasteiger partial charge in [-0.05, 0) is 36.5 Å². The van der Waals surface area contributed by atoms with Gasteiger partial charge in [-0.2, -0.15) is 0 Å². The average Bonchev–Trinajstić information content (AvgIpc) is 2.36. The van der Waals surface area contributed by atoms with Gasteiger partial charge in [0.15, 0.2) is 0 Å². The molecule has 18 heavy (non-hydrogen) atoms. The zero-order chi connectivity index (χ0) is 13.0. The summed E-state index contributed by atoms with van der Waals surface area (Å²) in [7, 11) is -3.13. The van der Waals surface area contributed by atoms with Crippen molar-refractivity contribution in [3.05, 3.63) is 29.3 Å². The average molecular weight is 269 g/mol. The first-order chi connectivity index (χ1) is 8.61. The van der Waals surface area contributed by atoms with Crippen LogP contribution in [0.15, 0.2) is 18.2 Å². The fraction of sp³-hybridized carbons (Fsp3) is 0.538. The van der Waals surface area contributed by atoms with Crippen LogP contribution in [0.3, 0.4) is 0 Å². The summed E-state index contributed by atoms with van der Waals surface area (Å²) in [6.07, 6.45) is 2.66. The number of rotatable bonds is 5. The van der Waals surface area contributed by atoms with Gasteiger partial charge in [0.05, 0.1) is 12.4 Å². The summed E-state index contributed by atoms with van der Waals surface area (Å²) in [5.74, 6) is 1.11. The molecule has 0 amide bonds. The maximum Gasteiger partial charge on any atom is 0.211 e. The predicted molar refractivity (Wildman–Crippen MR) is 71.2 cm³/mol. The molecule has 0 saturated heterocycles. The molecule has 0 saturated carbocycles. The molecular formula is C13H19NO3S. The molecule has 0 unspecified atom stereocenters. The Morgan fingerprint density at radius 2 is 2.22 bits per heavy atom. The SMILES string of the molecule is CCCS(=O)(=O)NCc1ccc2c(c1)CCCO2. The Balaban J connectivity index is 2.02. The summed E-state index contributed by atoms with van der Waals surface area (Å²) in [5, 5.41) is 0. The summed E-state index contributed by atoms with van der Waals surface area (Å²) < 4.78 is 31.3. The molecular weight excluding hydrogens is 250 g/mol. The van der Waals surface area contributed by atoms with E-state index in [2.05, 4.69) is 4.72 Å². The molecule has 100 valence electrons. The largest absolute Gasteiger partial charge is 0.493 e. The summed E-state index contributed by atoms with van der Waals surface area (Å²) in [5.41, 5.74) is 2.16. The first-order valence-electron chi connectivity index (χ1n) is 6.32. The van der Waals surface area contributed by atoms with Gasteiger partial charge in [0, 0.05) is 6.54 Å². The van der Waals surface area contributed by atoms with E-state index in [1.807, 2.05) is 25.1 Å². The molecule has 0 fully saturated rings. The van der Waals surface area contributed by atoms with Crippen molar-refractivity contribution >= 4 is 10.0 Å². The van der Waals surface area contributed by atoms with Crippen molar-refractivity contribution in [2.45, 2.75) is 32.7 Å². The molecule has 0 aromatic heterocycles. The molecule has 1 aliphatic heterocycles. The lowest BCUT2D eigenvalue weighted by atomic mass is 10.0. The Morgan fingerprint density at radius 3 is 3.00 bits per heavy atom. The Kier molecular flexibility index (Phi) is 4.24. The zero-order valence-electron chi connectivity index (χ0n) is 10.6. The third kappa shape index (κ3) is 3.46. The first-order valence-corrected chi connectivity index (χ1v) is 7.98. The van der Waals surface area contributed by atoms with Crippen LogP contribution >= 0.6 is 0 Å². The lowest BCUT2D eigenvalue weighted by molar-refractivity contribution is 0.288. The molecule has 0 radical (unpaired) electrons. The van der Waals surface area contributed by atoms with Gasteiger partial charge in [-0.1, -0.05) is 19.1 Å². The molecule has 1 aromatic carbocycles. The highest BCUT2D eigenvalue weighted by atomic mass is 32.2. The van der Waals surface area contributed by atoms with Crippen LogP contribution < -0.4 is 9.46 Å². The molecule has 0 atom stereocenters. The molecule has 1 aliphatic rings. The maximum atomic E-state index is 11.6. The van der Waals surface area contributed by atoms with E-state index in [9.17, 15) is 8.42 Å². The molecule has 0 spiro atoms. The third-order valence-electron chi connectivity index (χ3n) is 2.94. The van der Waals surface area contributed by atoms with Crippen molar-refractivity contribution in [3.63, 3.8) is 0 Å². The van der Waals surface area contributed by atoms with Gasteiger partial charge in [-0.25, -0.2) is 13.1 Å². The lowest BCUT2D eigenvalue weighted by Gasteiger charge is -2.18. The van der Waals surface area contributed by atoms with Crippen LogP contribution in [0.1, 0.15) is 30.9 Å². The van der Waals surface area contributed by atoms with Crippen molar-refractivity contribution in [2.75, 3.05) is 12.4 Å². The van der Waals surface area contributed by atoms with Crippen LogP contribution in [0.25, 0.3) is 0 Å². The number of benzene rings is 1. The minimum absolute atomic E-state index is 0.182. The van der Waals surface area contributed by atoms with E-state index >= 15 is 0 Å². The first kappa shape index (κ1) is 13.4. The van der Waals surface area contributed by atoms with Gasteiger partial charge < -0.3 is 4.74 Å². The smallest absolute Gasteiger partial charge is 0.211 e. The van der Waals surface area contributed by atoms with Crippen LogP contribution in [0.2, 0.25) is 0 Å². The van der Waals surface area contributed by atoms with E-state index in [1.54, 1.807) is 0 Å². The molecule has 4 nitrogen and oxygen atoms in total. The number of sulfonamides is 1. The van der Waals surface area contributed by atoms with Crippen molar-refractivity contribution in [2.24, 2.45) is 0 Å². The molecule has 1 N–H and O–H groups in total. The van der Waals surface area contributed by atoms with Gasteiger partial charge in [0.1, 0.15) is 5.75 Å². The Morgan fingerprint density at radius 1 is 1.39 bits per heavy atom. The number of nitrogens with one attached hydrogen (secondary N) is 1. The summed E-state index contributed by atoms with van der Waals surface area (Å²) in [4.78, 5) is 0. The van der Waals surface area contributed by atoms with E-state index in [0.717, 1.165) is 30.8 Å². The highest BCUT2D eigenvalue weighted by Gasteiger charge is 2.12. The third-order valence-corrected chi connectivity index (χ3v) is 4.47. The normalized spacial score (nSPS) is 14.9. The minimum atomic E-state index is -3.13. The number of hydrogen-bond acceptors (Lipinski definition) is 3. The quantitative estimate of drug-likeness (QED) is 0.887. The fourth-order valence-electron chi connectivity index (χ4n) is 2.06. The monoisotopic (exact) mass is 269 g/mol. The molecule has 1 heterocycles. The molecule has 5 heteroatoms. The van der Waals surface area contributed by atoms with Crippen molar-refractivity contribution in [1.82, 2.24) is 4.72 Å². The van der Waals surface area contributed by atoms with Crippen LogP contribution in [-0.2, 0) is 23.0 Å². The fourth-order valence-corrected chi connectivity index (χ4v) is 3.13. The maximum absolute atomic E-state index is 11.6. The topological polar surface area (TPSA) is 55.4 Å². The van der Waals surface area contributed by atoms with Gasteiger partial charge in [-0.15, -0.1) is 0 Å². The van der Waals surface area contributed by atoms with Crippen LogP contribution in [0.4, 0.5) is 0 Å². The van der Waals surface area contributed by atoms with Crippen LogP contribution in [0.5, 0.6) is 5.75 Å². The van der Waals surface area contributed by atoms with Crippen molar-refractivity contribution in [3.8, 4) is 5.75 Å². The molecule has 0 bridgehead atoms. The van der Waals surface area contributed by atoms with Crippen molar-refractivity contribution < 1.29 is 13.2 Å². The highest BCUT2D eigenvalue weighted by molar-refractivity contribution is 7.89. The second kappa shape index (κ2) is 5.71. The van der Waals surface area contributed by atoms with Crippen molar-refractivity contribution in [1.29, 1.82) is 0 Å². The van der Waals surface area contributed by atoms with Crippen LogP contribution in [0, 0.1) is 0 Å². The number of hydrogen-bond donors (Lipinski definition) is 1. The second-order valence-electron chi connectivity index (χ2n) is 4.53. The van der Waals surface area contributed by atoms with Gasteiger partial charge in [0.2, 0.25) is 10.0 Å². The molecule has 0 aliphatic carbocycles. The second-order valence-corrected chi connectivity index (χ2v) is 6.46. The van der Waals surface area contributed by atoms with Gasteiger partial charge >= 0.3 is 0 Å². The summed E-state index contributed by atoms with van der Waals surface area (Å²) >= 11 is 0. The molecule has 2 rings (SSSR count). The van der Waals surface area contributed by atoms with E-state index in [0.29, 0.717) is 13.0 Å². The Bertz CT molecular complexity index is 511. The van der Waals surface area contributed by atoms with E-state index in [4.69, 9.17) is 4.74 Å². The van der Waals surface area contributed by atoms with Gasteiger partial charge in [0.25, 0.3) is 0 Å². The lowest BCUT2D eigenvalue weighted by Crippen LogP contribution is -2.25. The standard InChI is InChI=1S/C13H19NO3S/c1-2-8-18(15,16)14-10-11-5-6-13-12(9-11)4-3-7-17-13/h5-6,9,14H,2-4,7-8,10H2,1H3. The zero-order valence-corrected chi connectivity index (χ0v) is 11.4. The number of fused-ring (bicyclic) bond motifs is 1. The van der Waals surface area contributed by atoms with E-state index in [1.165, 1.54) is 5.56 Å². The van der Waals surface area contributed by atoms with Crippen LogP contribution in [-0.4, -0.2) is 20.8 Å². The van der Waals surface area contributed by atoms with Gasteiger partial charge in [-0.3, -0.25) is 0 Å². The minimum Gasteiger partial charge on any atom is -0.493 e. The number of ether oxygens (including phenoxy) is 1.